The number of benzene rings is 1. The lowest BCUT2D eigenvalue weighted by atomic mass is 10.1. The fourth-order valence-electron chi connectivity index (χ4n) is 3.04. The summed E-state index contributed by atoms with van der Waals surface area (Å²) in [4.78, 5) is 29.1. The lowest BCUT2D eigenvalue weighted by Crippen LogP contribution is -2.15. The minimum absolute atomic E-state index is 0.0553. The number of carbonyl (C=O) groups is 2. The van der Waals surface area contributed by atoms with Crippen molar-refractivity contribution in [2.45, 2.75) is 25.5 Å². The summed E-state index contributed by atoms with van der Waals surface area (Å²) in [5, 5.41) is 17.1. The van der Waals surface area contributed by atoms with E-state index in [-0.39, 0.29) is 36.0 Å². The third kappa shape index (κ3) is 5.94. The van der Waals surface area contributed by atoms with Gasteiger partial charge in [-0.2, -0.15) is 5.26 Å². The lowest BCUT2D eigenvalue weighted by Gasteiger charge is -2.09. The van der Waals surface area contributed by atoms with Gasteiger partial charge in [-0.25, -0.2) is 9.78 Å². The normalized spacial score (nSPS) is 10.6. The van der Waals surface area contributed by atoms with Gasteiger partial charge in [0.2, 0.25) is 11.8 Å². The molecule has 1 aromatic carbocycles. The van der Waals surface area contributed by atoms with Crippen LogP contribution < -0.4 is 5.32 Å². The van der Waals surface area contributed by atoms with Crippen LogP contribution in [0.3, 0.4) is 0 Å². The molecule has 0 saturated carbocycles. The first-order valence-electron chi connectivity index (χ1n) is 10.1. The molecule has 0 radical (unpaired) electrons. The van der Waals surface area contributed by atoms with E-state index in [4.69, 9.17) is 25.6 Å². The Kier molecular flexibility index (Phi) is 8.65. The van der Waals surface area contributed by atoms with Gasteiger partial charge in [-0.3, -0.25) is 10.1 Å². The van der Waals surface area contributed by atoms with E-state index in [9.17, 15) is 14.9 Å². The van der Waals surface area contributed by atoms with Crippen molar-refractivity contribution in [3.63, 3.8) is 0 Å². The number of esters is 1. The molecule has 0 aliphatic heterocycles. The molecule has 2 aromatic heterocycles. The number of nitrogens with one attached hydrogen (secondary N) is 1. The number of pyridine rings is 1. The molecule has 1 amide bonds. The molecule has 11 heteroatoms. The van der Waals surface area contributed by atoms with E-state index < -0.39 is 11.9 Å². The number of rotatable bonds is 9. The average molecular weight is 501 g/mol. The number of anilines is 1. The number of methoxy groups -OCH3 is 1. The van der Waals surface area contributed by atoms with E-state index in [1.807, 2.05) is 6.07 Å². The maximum Gasteiger partial charge on any atom is 0.340 e. The highest BCUT2D eigenvalue weighted by Crippen LogP contribution is 2.33. The molecule has 0 aliphatic rings. The summed E-state index contributed by atoms with van der Waals surface area (Å²) < 4.78 is 15.5. The average Bonchev–Trinajstić information content (AvgIpc) is 3.20. The number of nitrogens with zero attached hydrogens (tertiary/aromatic N) is 3. The van der Waals surface area contributed by atoms with Crippen LogP contribution in [-0.2, 0) is 20.9 Å². The Morgan fingerprint density at radius 1 is 1.29 bits per heavy atom. The standard InChI is InChI=1S/C23H21ClN4O5S/c1-4-32-23(30)17-9-15(10-25)22(26-13(17)2)34-12-19(29)27-21-20(18(11-31-3)28-33-21)14-5-7-16(24)8-6-14/h5-9H,4,11-12H2,1-3H3,(H,27,29). The van der Waals surface area contributed by atoms with Crippen molar-refractivity contribution in [2.24, 2.45) is 0 Å². The molecule has 3 rings (SSSR count). The summed E-state index contributed by atoms with van der Waals surface area (Å²) in [5.41, 5.74) is 2.65. The smallest absolute Gasteiger partial charge is 0.340 e. The van der Waals surface area contributed by atoms with Crippen LogP contribution in [0.4, 0.5) is 5.88 Å². The molecular weight excluding hydrogens is 480 g/mol. The maximum atomic E-state index is 12.7. The van der Waals surface area contributed by atoms with Gasteiger partial charge in [0.25, 0.3) is 0 Å². The Labute approximate surface area is 205 Å². The van der Waals surface area contributed by atoms with Gasteiger partial charge in [0.05, 0.1) is 41.4 Å². The summed E-state index contributed by atoms with van der Waals surface area (Å²) >= 11 is 7.05. The second-order valence-corrected chi connectivity index (χ2v) is 8.32. The molecule has 2 heterocycles. The van der Waals surface area contributed by atoms with Gasteiger partial charge in [-0.05, 0) is 37.6 Å². The van der Waals surface area contributed by atoms with Crippen LogP contribution in [0.2, 0.25) is 5.02 Å². The number of aromatic nitrogens is 2. The predicted octanol–water partition coefficient (Wildman–Crippen LogP) is 4.62. The molecule has 1 N–H and O–H groups in total. The third-order valence-electron chi connectivity index (χ3n) is 4.56. The van der Waals surface area contributed by atoms with Crippen LogP contribution in [0.1, 0.15) is 34.2 Å². The molecule has 0 aliphatic carbocycles. The van der Waals surface area contributed by atoms with E-state index >= 15 is 0 Å². The molecule has 0 atom stereocenters. The zero-order valence-corrected chi connectivity index (χ0v) is 20.2. The fraction of sp³-hybridized carbons (Fsp3) is 0.261. The van der Waals surface area contributed by atoms with Gasteiger partial charge in [-0.15, -0.1) is 0 Å². The Morgan fingerprint density at radius 3 is 2.68 bits per heavy atom. The number of ether oxygens (including phenoxy) is 2. The summed E-state index contributed by atoms with van der Waals surface area (Å²) in [6.45, 7) is 3.73. The van der Waals surface area contributed by atoms with Crippen LogP contribution >= 0.6 is 23.4 Å². The summed E-state index contributed by atoms with van der Waals surface area (Å²) in [6.07, 6.45) is 0. The molecule has 0 spiro atoms. The van der Waals surface area contributed by atoms with Crippen molar-refractivity contribution in [3.8, 4) is 17.2 Å². The minimum Gasteiger partial charge on any atom is -0.462 e. The van der Waals surface area contributed by atoms with Gasteiger partial charge in [0.15, 0.2) is 0 Å². The van der Waals surface area contributed by atoms with Crippen molar-refractivity contribution < 1.29 is 23.6 Å². The Morgan fingerprint density at radius 2 is 2.03 bits per heavy atom. The zero-order valence-electron chi connectivity index (χ0n) is 18.7. The van der Waals surface area contributed by atoms with Gasteiger partial charge in [-0.1, -0.05) is 40.7 Å². The number of amides is 1. The van der Waals surface area contributed by atoms with Crippen molar-refractivity contribution >= 4 is 41.1 Å². The molecule has 176 valence electrons. The van der Waals surface area contributed by atoms with E-state index in [0.717, 1.165) is 17.3 Å². The first-order chi connectivity index (χ1) is 16.4. The Bertz CT molecular complexity index is 1240. The highest BCUT2D eigenvalue weighted by Gasteiger charge is 2.21. The molecule has 3 aromatic rings. The summed E-state index contributed by atoms with van der Waals surface area (Å²) in [5.74, 6) is -0.828. The number of carbonyl (C=O) groups excluding carboxylic acids is 2. The fourth-order valence-corrected chi connectivity index (χ4v) is 3.97. The van der Waals surface area contributed by atoms with E-state index in [1.165, 1.54) is 13.2 Å². The van der Waals surface area contributed by atoms with Crippen LogP contribution in [0, 0.1) is 18.3 Å². The Hall–Kier alpha value is -3.39. The molecule has 0 fully saturated rings. The van der Waals surface area contributed by atoms with Gasteiger partial charge in [0, 0.05) is 12.1 Å². The topological polar surface area (TPSA) is 127 Å². The maximum absolute atomic E-state index is 12.7. The zero-order chi connectivity index (χ0) is 24.7. The monoisotopic (exact) mass is 500 g/mol. The SMILES string of the molecule is CCOC(=O)c1cc(C#N)c(SCC(=O)Nc2onc(COC)c2-c2ccc(Cl)cc2)nc1C. The first-order valence-corrected chi connectivity index (χ1v) is 11.5. The highest BCUT2D eigenvalue weighted by molar-refractivity contribution is 8.00. The number of halogens is 1. The number of thioether (sulfide) groups is 1. The van der Waals surface area contributed by atoms with E-state index in [2.05, 4.69) is 15.5 Å². The highest BCUT2D eigenvalue weighted by atomic mass is 35.5. The molecule has 0 bridgehead atoms. The first kappa shape index (κ1) is 25.2. The number of hydrogen-bond acceptors (Lipinski definition) is 9. The minimum atomic E-state index is -0.551. The van der Waals surface area contributed by atoms with Crippen LogP contribution in [0.15, 0.2) is 39.9 Å². The van der Waals surface area contributed by atoms with Crippen molar-refractivity contribution in [2.75, 3.05) is 24.8 Å². The number of hydrogen-bond donors (Lipinski definition) is 1. The second kappa shape index (κ2) is 11.7. The quantitative estimate of drug-likeness (QED) is 0.330. The lowest BCUT2D eigenvalue weighted by molar-refractivity contribution is -0.113. The van der Waals surface area contributed by atoms with Gasteiger partial charge in [0.1, 0.15) is 16.8 Å². The molecule has 34 heavy (non-hydrogen) atoms. The molecular formula is C23H21ClN4O5S. The number of aryl methyl sites for hydroxylation is 1. The predicted molar refractivity (Wildman–Crippen MR) is 127 cm³/mol. The largest absolute Gasteiger partial charge is 0.462 e. The third-order valence-corrected chi connectivity index (χ3v) is 5.81. The Balaban J connectivity index is 1.77. The number of nitriles is 1. The molecule has 0 saturated heterocycles. The molecule has 0 unspecified atom stereocenters. The summed E-state index contributed by atoms with van der Waals surface area (Å²) in [6, 6.07) is 10.5. The van der Waals surface area contributed by atoms with Gasteiger partial charge >= 0.3 is 5.97 Å². The van der Waals surface area contributed by atoms with E-state index in [0.29, 0.717) is 27.0 Å². The van der Waals surface area contributed by atoms with Crippen molar-refractivity contribution in [1.82, 2.24) is 10.1 Å². The van der Waals surface area contributed by atoms with Crippen LogP contribution in [0.5, 0.6) is 0 Å². The van der Waals surface area contributed by atoms with Crippen LogP contribution in [0.25, 0.3) is 11.1 Å². The van der Waals surface area contributed by atoms with Gasteiger partial charge < -0.3 is 14.0 Å². The second-order valence-electron chi connectivity index (χ2n) is 6.92. The molecule has 9 nitrogen and oxygen atoms in total. The van der Waals surface area contributed by atoms with Crippen molar-refractivity contribution in [3.05, 3.63) is 57.9 Å². The summed E-state index contributed by atoms with van der Waals surface area (Å²) in [7, 11) is 1.53. The van der Waals surface area contributed by atoms with E-state index in [1.54, 1.807) is 38.1 Å². The van der Waals surface area contributed by atoms with Crippen molar-refractivity contribution in [1.29, 1.82) is 5.26 Å². The van der Waals surface area contributed by atoms with Crippen LogP contribution in [-0.4, -0.2) is 41.5 Å².